The predicted octanol–water partition coefficient (Wildman–Crippen LogP) is 1.84. The molecule has 0 aromatic carbocycles. The normalized spacial score (nSPS) is 45.9. The van der Waals surface area contributed by atoms with Gasteiger partial charge in [-0.3, -0.25) is 0 Å². The van der Waals surface area contributed by atoms with Crippen LogP contribution in [0.1, 0.15) is 19.8 Å². The van der Waals surface area contributed by atoms with Crippen molar-refractivity contribution < 1.29 is 14.6 Å². The predicted molar refractivity (Wildman–Crippen MR) is 60.9 cm³/mol. The minimum Gasteiger partial charge on any atom is -0.379 e. The largest absolute Gasteiger partial charge is 0.379 e. The lowest BCUT2D eigenvalue weighted by atomic mass is 9.75. The number of ether oxygens (including phenoxy) is 2. The van der Waals surface area contributed by atoms with Gasteiger partial charge < -0.3 is 14.6 Å². The van der Waals surface area contributed by atoms with Gasteiger partial charge in [-0.25, -0.2) is 0 Å². The maximum Gasteiger partial charge on any atom is 0.170 e. The van der Waals surface area contributed by atoms with E-state index < -0.39 is 6.29 Å². The molecule has 4 atom stereocenters. The first-order chi connectivity index (χ1) is 7.08. The second-order valence-corrected chi connectivity index (χ2v) is 5.93. The van der Waals surface area contributed by atoms with E-state index >= 15 is 0 Å². The van der Waals surface area contributed by atoms with Crippen LogP contribution >= 0.6 is 15.9 Å². The van der Waals surface area contributed by atoms with Gasteiger partial charge in [0.1, 0.15) is 0 Å². The van der Waals surface area contributed by atoms with Gasteiger partial charge in [-0.2, -0.15) is 0 Å². The van der Waals surface area contributed by atoms with E-state index in [1.807, 2.05) is 0 Å². The average molecular weight is 277 g/mol. The van der Waals surface area contributed by atoms with Crippen molar-refractivity contribution in [3.63, 3.8) is 0 Å². The van der Waals surface area contributed by atoms with Crippen molar-refractivity contribution in [3.8, 4) is 0 Å². The highest BCUT2D eigenvalue weighted by molar-refractivity contribution is 9.10. The third-order valence-corrected chi connectivity index (χ3v) is 4.81. The molecular weight excluding hydrogens is 260 g/mol. The zero-order chi connectivity index (χ0) is 11.1. The molecule has 0 unspecified atom stereocenters. The van der Waals surface area contributed by atoms with E-state index in [1.165, 1.54) is 5.57 Å². The summed E-state index contributed by atoms with van der Waals surface area (Å²) >= 11 is 3.65. The van der Waals surface area contributed by atoms with E-state index in [4.69, 9.17) is 9.47 Å². The number of hydrogen-bond donors (Lipinski definition) is 1. The second kappa shape index (κ2) is 4.17. The monoisotopic (exact) mass is 276 g/mol. The number of halogens is 1. The molecular formula is C11H17BrO3. The first kappa shape index (κ1) is 11.6. The van der Waals surface area contributed by atoms with Gasteiger partial charge in [0.2, 0.25) is 0 Å². The summed E-state index contributed by atoms with van der Waals surface area (Å²) in [6.07, 6.45) is 3.25. The average Bonchev–Trinajstić information content (AvgIpc) is 2.22. The maximum absolute atomic E-state index is 9.91. The molecule has 86 valence electrons. The summed E-state index contributed by atoms with van der Waals surface area (Å²) in [5.74, 6) is 0.288. The molecule has 3 nitrogen and oxygen atoms in total. The Morgan fingerprint density at radius 1 is 1.67 bits per heavy atom. The molecule has 4 heteroatoms. The molecule has 0 spiro atoms. The summed E-state index contributed by atoms with van der Waals surface area (Å²) in [6, 6.07) is 0. The first-order valence-electron chi connectivity index (χ1n) is 5.25. The summed E-state index contributed by atoms with van der Waals surface area (Å²) in [7, 11) is 1.70. The fourth-order valence-corrected chi connectivity index (χ4v) is 3.23. The maximum atomic E-state index is 9.91. The van der Waals surface area contributed by atoms with Crippen molar-refractivity contribution in [1.82, 2.24) is 0 Å². The second-order valence-electron chi connectivity index (χ2n) is 4.45. The summed E-state index contributed by atoms with van der Waals surface area (Å²) in [5, 5.41) is 9.91. The third-order valence-electron chi connectivity index (χ3n) is 3.50. The molecule has 1 saturated heterocycles. The molecule has 2 aliphatic rings. The van der Waals surface area contributed by atoms with Crippen molar-refractivity contribution in [1.29, 1.82) is 0 Å². The number of aliphatic hydroxyl groups is 1. The quantitative estimate of drug-likeness (QED) is 0.587. The molecule has 1 fully saturated rings. The van der Waals surface area contributed by atoms with Gasteiger partial charge in [0.15, 0.2) is 6.29 Å². The number of hydrogen-bond acceptors (Lipinski definition) is 3. The highest BCUT2D eigenvalue weighted by atomic mass is 79.9. The lowest BCUT2D eigenvalue weighted by molar-refractivity contribution is -0.203. The summed E-state index contributed by atoms with van der Waals surface area (Å²) in [6.45, 7) is 2.60. The molecule has 0 aromatic heterocycles. The Morgan fingerprint density at radius 3 is 3.07 bits per heavy atom. The smallest absolute Gasteiger partial charge is 0.170 e. The molecule has 0 radical (unpaired) electrons. The molecule has 1 N–H and O–H groups in total. The molecule has 0 bridgehead atoms. The minimum absolute atomic E-state index is 0.0661. The van der Waals surface area contributed by atoms with E-state index in [-0.39, 0.29) is 16.3 Å². The topological polar surface area (TPSA) is 38.7 Å². The van der Waals surface area contributed by atoms with Crippen molar-refractivity contribution in [3.05, 3.63) is 11.6 Å². The number of alkyl halides is 1. The Kier molecular flexibility index (Phi) is 3.22. The van der Waals surface area contributed by atoms with Gasteiger partial charge in [0.05, 0.1) is 17.0 Å². The number of fused-ring (bicyclic) bond motifs is 1. The van der Waals surface area contributed by atoms with E-state index in [0.29, 0.717) is 6.61 Å². The van der Waals surface area contributed by atoms with Gasteiger partial charge in [0.25, 0.3) is 0 Å². The van der Waals surface area contributed by atoms with Crippen LogP contribution in [0.15, 0.2) is 11.6 Å². The number of methoxy groups -OCH3 is 1. The minimum atomic E-state index is -0.738. The third kappa shape index (κ3) is 1.88. The van der Waals surface area contributed by atoms with Crippen molar-refractivity contribution in [2.45, 2.75) is 36.5 Å². The fourth-order valence-electron chi connectivity index (χ4n) is 2.48. The van der Waals surface area contributed by atoms with Crippen LogP contribution in [-0.2, 0) is 9.47 Å². The molecule has 0 saturated carbocycles. The highest BCUT2D eigenvalue weighted by Gasteiger charge is 2.51. The van der Waals surface area contributed by atoms with E-state index in [0.717, 1.165) is 12.8 Å². The Labute approximate surface area is 98.6 Å². The molecule has 1 heterocycles. The van der Waals surface area contributed by atoms with Crippen molar-refractivity contribution >= 4 is 15.9 Å². The van der Waals surface area contributed by atoms with Crippen molar-refractivity contribution in [2.75, 3.05) is 13.7 Å². The van der Waals surface area contributed by atoms with Gasteiger partial charge in [-0.15, -0.1) is 0 Å². The zero-order valence-corrected chi connectivity index (χ0v) is 10.7. The summed E-state index contributed by atoms with van der Waals surface area (Å²) in [4.78, 5) is 0. The Bertz CT molecular complexity index is 279. The summed E-state index contributed by atoms with van der Waals surface area (Å²) < 4.78 is 10.4. The van der Waals surface area contributed by atoms with Crippen LogP contribution in [-0.4, -0.2) is 35.5 Å². The standard InChI is InChI=1S/C11H17BrO3/c1-7-3-4-11(12)8(5-7)9(14-2)6-15-10(11)13/h3,8-10,13H,4-6H2,1-2H3/t8-,9-,10-,11+/m1/s1. The lowest BCUT2D eigenvalue weighted by Crippen LogP contribution is -2.57. The molecule has 1 aliphatic carbocycles. The SMILES string of the molecule is CO[C@@H]1CO[C@@H](O)[C@]2(Br)CC=C(C)C[C@H]12. The Morgan fingerprint density at radius 2 is 2.40 bits per heavy atom. The van der Waals surface area contributed by atoms with Crippen LogP contribution in [0.4, 0.5) is 0 Å². The van der Waals surface area contributed by atoms with Gasteiger partial charge in [-0.1, -0.05) is 27.6 Å². The van der Waals surface area contributed by atoms with E-state index in [1.54, 1.807) is 7.11 Å². The lowest BCUT2D eigenvalue weighted by Gasteiger charge is -2.48. The number of rotatable bonds is 1. The first-order valence-corrected chi connectivity index (χ1v) is 6.04. The van der Waals surface area contributed by atoms with Gasteiger partial charge >= 0.3 is 0 Å². The van der Waals surface area contributed by atoms with Crippen LogP contribution < -0.4 is 0 Å². The fraction of sp³-hybridized carbons (Fsp3) is 0.818. The van der Waals surface area contributed by atoms with Crippen LogP contribution in [0.25, 0.3) is 0 Å². The summed E-state index contributed by atoms with van der Waals surface area (Å²) in [5.41, 5.74) is 1.37. The molecule has 0 amide bonds. The van der Waals surface area contributed by atoms with E-state index in [2.05, 4.69) is 28.9 Å². The Balaban J connectivity index is 2.27. The van der Waals surface area contributed by atoms with Crippen LogP contribution in [0.3, 0.4) is 0 Å². The molecule has 2 rings (SSSR count). The van der Waals surface area contributed by atoms with E-state index in [9.17, 15) is 5.11 Å². The van der Waals surface area contributed by atoms with Crippen molar-refractivity contribution in [2.24, 2.45) is 5.92 Å². The molecule has 0 aromatic rings. The zero-order valence-electron chi connectivity index (χ0n) is 9.07. The van der Waals surface area contributed by atoms with Crippen LogP contribution in [0.5, 0.6) is 0 Å². The van der Waals surface area contributed by atoms with Gasteiger partial charge in [-0.05, 0) is 19.8 Å². The van der Waals surface area contributed by atoms with Crippen LogP contribution in [0, 0.1) is 5.92 Å². The van der Waals surface area contributed by atoms with Gasteiger partial charge in [0, 0.05) is 13.0 Å². The Hall–Kier alpha value is 0.100. The molecule has 15 heavy (non-hydrogen) atoms. The number of allylic oxidation sites excluding steroid dienone is 2. The highest BCUT2D eigenvalue weighted by Crippen LogP contribution is 2.47. The number of aliphatic hydroxyl groups excluding tert-OH is 1. The molecule has 1 aliphatic heterocycles. The van der Waals surface area contributed by atoms with Crippen LogP contribution in [0.2, 0.25) is 0 Å².